The number of rotatable bonds is 11. The fourth-order valence-corrected chi connectivity index (χ4v) is 8.00. The summed E-state index contributed by atoms with van der Waals surface area (Å²) < 4.78 is 45.8. The van der Waals surface area contributed by atoms with Crippen LogP contribution in [-0.4, -0.2) is 60.0 Å². The maximum absolute atomic E-state index is 14.6. The first kappa shape index (κ1) is 33.9. The molecule has 3 aromatic carbocycles. The molecule has 3 aromatic rings. The molecule has 2 saturated heterocycles. The smallest absolute Gasteiger partial charge is 0.351 e. The van der Waals surface area contributed by atoms with Crippen LogP contribution in [0.2, 0.25) is 0 Å². The van der Waals surface area contributed by atoms with E-state index in [0.29, 0.717) is 12.8 Å². The van der Waals surface area contributed by atoms with Crippen molar-refractivity contribution in [2.75, 3.05) is 0 Å². The third-order valence-electron chi connectivity index (χ3n) is 11.3. The number of benzene rings is 3. The average Bonchev–Trinajstić information content (AvgIpc) is 3.58. The third-order valence-corrected chi connectivity index (χ3v) is 11.3. The molecule has 2 heterocycles. The first-order chi connectivity index (χ1) is 23.4. The quantitative estimate of drug-likeness (QED) is 0.218. The number of carbonyl (C=O) groups is 2. The highest BCUT2D eigenvalue weighted by molar-refractivity contribution is 5.93. The Kier molecular flexibility index (Phi) is 8.94. The van der Waals surface area contributed by atoms with Crippen molar-refractivity contribution < 1.29 is 42.7 Å². The van der Waals surface area contributed by atoms with Crippen LogP contribution >= 0.6 is 0 Å². The van der Waals surface area contributed by atoms with Gasteiger partial charge in [-0.1, -0.05) is 105 Å². The SMILES string of the molecule is CC1(C)O[C@@H]2[C@@H](OCc3ccccc3)[C@@H](OCc3ccccc3)[C@@H](OC(=O)[C@]34CC[C@](C)(C(=O)O3)C4(C)C)[C@H](OCc3ccccc3)[C@H]2O1. The van der Waals surface area contributed by atoms with Gasteiger partial charge in [0.25, 0.3) is 0 Å². The second kappa shape index (κ2) is 12.9. The minimum atomic E-state index is -1.45. The summed E-state index contributed by atoms with van der Waals surface area (Å²) in [5, 5.41) is 0. The maximum Gasteiger partial charge on any atom is 0.351 e. The lowest BCUT2D eigenvalue weighted by molar-refractivity contribution is -0.254. The Balaban J connectivity index is 1.28. The second-order valence-electron chi connectivity index (χ2n) is 14.9. The lowest BCUT2D eigenvalue weighted by atomic mass is 9.66. The zero-order valence-corrected chi connectivity index (χ0v) is 28.8. The van der Waals surface area contributed by atoms with Gasteiger partial charge in [-0.3, -0.25) is 4.79 Å². The molecule has 0 amide bonds. The van der Waals surface area contributed by atoms with Crippen molar-refractivity contribution in [3.8, 4) is 0 Å². The van der Waals surface area contributed by atoms with Gasteiger partial charge in [-0.2, -0.15) is 0 Å². The Bertz CT molecular complexity index is 1630. The number of esters is 2. The Morgan fingerprint density at radius 1 is 0.633 bits per heavy atom. The normalized spacial score (nSPS) is 33.9. The van der Waals surface area contributed by atoms with Crippen LogP contribution < -0.4 is 0 Å². The molecule has 9 nitrogen and oxygen atoms in total. The third kappa shape index (κ3) is 5.99. The predicted octanol–water partition coefficient (Wildman–Crippen LogP) is 6.31. The van der Waals surface area contributed by atoms with Gasteiger partial charge in [0.15, 0.2) is 11.9 Å². The van der Waals surface area contributed by atoms with Crippen LogP contribution in [0.25, 0.3) is 0 Å². The summed E-state index contributed by atoms with van der Waals surface area (Å²) in [6.45, 7) is 10.1. The van der Waals surface area contributed by atoms with Crippen molar-refractivity contribution in [1.29, 1.82) is 0 Å². The van der Waals surface area contributed by atoms with Crippen LogP contribution in [0.5, 0.6) is 0 Å². The topological polar surface area (TPSA) is 98.8 Å². The van der Waals surface area contributed by atoms with Gasteiger partial charge in [0.2, 0.25) is 5.60 Å². The molecule has 2 bridgehead atoms. The molecule has 9 heteroatoms. The molecule has 49 heavy (non-hydrogen) atoms. The van der Waals surface area contributed by atoms with Gasteiger partial charge in [0.1, 0.15) is 30.5 Å². The monoisotopic (exact) mass is 670 g/mol. The van der Waals surface area contributed by atoms with Gasteiger partial charge in [-0.15, -0.1) is 0 Å². The Hall–Kier alpha value is -3.60. The van der Waals surface area contributed by atoms with Crippen molar-refractivity contribution in [3.05, 3.63) is 108 Å². The molecule has 0 spiro atoms. The lowest BCUT2D eigenvalue weighted by Crippen LogP contribution is -2.66. The summed E-state index contributed by atoms with van der Waals surface area (Å²) in [4.78, 5) is 27.8. The van der Waals surface area contributed by atoms with E-state index in [9.17, 15) is 9.59 Å². The van der Waals surface area contributed by atoms with E-state index in [0.717, 1.165) is 16.7 Å². The summed E-state index contributed by atoms with van der Waals surface area (Å²) in [5.41, 5.74) is -0.190. The first-order valence-corrected chi connectivity index (χ1v) is 17.2. The largest absolute Gasteiger partial charge is 0.454 e. The van der Waals surface area contributed by atoms with E-state index in [2.05, 4.69) is 0 Å². The van der Waals surface area contributed by atoms with E-state index in [1.54, 1.807) is 0 Å². The molecule has 2 aliphatic heterocycles. The van der Waals surface area contributed by atoms with Gasteiger partial charge >= 0.3 is 11.9 Å². The highest BCUT2D eigenvalue weighted by Gasteiger charge is 2.77. The molecule has 8 atom stereocenters. The number of ether oxygens (including phenoxy) is 7. The van der Waals surface area contributed by atoms with Crippen molar-refractivity contribution in [2.45, 2.75) is 115 Å². The fraction of sp³-hybridized carbons (Fsp3) is 0.500. The van der Waals surface area contributed by atoms with Gasteiger partial charge in [-0.05, 0) is 50.3 Å². The summed E-state index contributed by atoms with van der Waals surface area (Å²) in [5.74, 6) is -1.97. The van der Waals surface area contributed by atoms with Crippen molar-refractivity contribution in [2.24, 2.45) is 10.8 Å². The summed E-state index contributed by atoms with van der Waals surface area (Å²) >= 11 is 0. The van der Waals surface area contributed by atoms with Crippen molar-refractivity contribution in [3.63, 3.8) is 0 Å². The Morgan fingerprint density at radius 2 is 1.06 bits per heavy atom. The Morgan fingerprint density at radius 3 is 1.47 bits per heavy atom. The first-order valence-electron chi connectivity index (χ1n) is 17.2. The standard InChI is InChI=1S/C40H46O9/c1-37(2)39(5)21-22-40(37,49-35(39)41)36(42)46-32-29(43-23-26-15-9-6-10-16-26)30(44-24-27-17-11-7-12-18-27)33-34(48-38(3,4)47-33)31(32)45-25-28-19-13-8-14-20-28/h6-20,29-34H,21-25H2,1-5H3/t29-,30+,31+,32-,33-,34-,39-,40+/m1/s1. The number of hydrogen-bond acceptors (Lipinski definition) is 9. The molecule has 0 N–H and O–H groups in total. The summed E-state index contributed by atoms with van der Waals surface area (Å²) in [7, 11) is 0. The zero-order valence-electron chi connectivity index (χ0n) is 28.8. The highest BCUT2D eigenvalue weighted by Crippen LogP contribution is 2.66. The van der Waals surface area contributed by atoms with E-state index < -0.39 is 64.8 Å². The predicted molar refractivity (Wildman–Crippen MR) is 179 cm³/mol. The van der Waals surface area contributed by atoms with Gasteiger partial charge in [0.05, 0.1) is 25.2 Å². The number of fused-ring (bicyclic) bond motifs is 3. The molecule has 0 radical (unpaired) electrons. The Labute approximate surface area is 288 Å². The summed E-state index contributed by atoms with van der Waals surface area (Å²) in [6.07, 6.45) is -3.74. The molecule has 4 aliphatic rings. The van der Waals surface area contributed by atoms with Gasteiger partial charge in [0, 0.05) is 5.41 Å². The maximum atomic E-state index is 14.6. The van der Waals surface area contributed by atoms with E-state index in [1.807, 2.05) is 126 Å². The molecule has 2 saturated carbocycles. The van der Waals surface area contributed by atoms with Crippen LogP contribution in [0, 0.1) is 10.8 Å². The molecular formula is C40H46O9. The van der Waals surface area contributed by atoms with Gasteiger partial charge in [-0.25, -0.2) is 4.79 Å². The van der Waals surface area contributed by atoms with Crippen LogP contribution in [0.3, 0.4) is 0 Å². The number of hydrogen-bond donors (Lipinski definition) is 0. The minimum absolute atomic E-state index is 0.224. The lowest BCUT2D eigenvalue weighted by Gasteiger charge is -2.47. The van der Waals surface area contributed by atoms with Crippen molar-refractivity contribution >= 4 is 11.9 Å². The molecule has 7 rings (SSSR count). The van der Waals surface area contributed by atoms with Gasteiger partial charge < -0.3 is 33.2 Å². The van der Waals surface area contributed by atoms with E-state index in [1.165, 1.54) is 0 Å². The van der Waals surface area contributed by atoms with E-state index in [4.69, 9.17) is 33.2 Å². The minimum Gasteiger partial charge on any atom is -0.454 e. The van der Waals surface area contributed by atoms with Crippen molar-refractivity contribution in [1.82, 2.24) is 0 Å². The molecular weight excluding hydrogens is 624 g/mol. The second-order valence-corrected chi connectivity index (χ2v) is 14.9. The molecule has 4 fully saturated rings. The van der Waals surface area contributed by atoms with Crippen LogP contribution in [0.1, 0.15) is 64.2 Å². The zero-order chi connectivity index (χ0) is 34.4. The van der Waals surface area contributed by atoms with Crippen LogP contribution in [-0.2, 0) is 62.6 Å². The highest BCUT2D eigenvalue weighted by atomic mass is 16.8. The van der Waals surface area contributed by atoms with Crippen LogP contribution in [0.4, 0.5) is 0 Å². The fourth-order valence-electron chi connectivity index (χ4n) is 8.00. The summed E-state index contributed by atoms with van der Waals surface area (Å²) in [6, 6.07) is 29.5. The molecule has 260 valence electrons. The van der Waals surface area contributed by atoms with E-state index >= 15 is 0 Å². The van der Waals surface area contributed by atoms with E-state index in [-0.39, 0.29) is 25.8 Å². The molecule has 2 aliphatic carbocycles. The number of carbonyl (C=O) groups excluding carboxylic acids is 2. The molecule has 0 unspecified atom stereocenters. The van der Waals surface area contributed by atoms with Crippen LogP contribution in [0.15, 0.2) is 91.0 Å². The average molecular weight is 671 g/mol. The molecule has 0 aromatic heterocycles.